The van der Waals surface area contributed by atoms with Crippen molar-refractivity contribution in [1.29, 1.82) is 0 Å². The molecule has 0 radical (unpaired) electrons. The van der Waals surface area contributed by atoms with Gasteiger partial charge in [-0.25, -0.2) is 4.39 Å². The highest BCUT2D eigenvalue weighted by atomic mass is 35.5. The highest BCUT2D eigenvalue weighted by Gasteiger charge is 2.11. The van der Waals surface area contributed by atoms with E-state index in [1.165, 1.54) is 6.07 Å². The van der Waals surface area contributed by atoms with Crippen LogP contribution in [0.1, 0.15) is 24.5 Å². The van der Waals surface area contributed by atoms with Crippen LogP contribution >= 0.6 is 11.6 Å². The van der Waals surface area contributed by atoms with Gasteiger partial charge in [0.25, 0.3) is 0 Å². The number of nitrogens with two attached hydrogens (primary N) is 1. The van der Waals surface area contributed by atoms with Crippen molar-refractivity contribution in [3.05, 3.63) is 59.6 Å². The van der Waals surface area contributed by atoms with Gasteiger partial charge in [-0.1, -0.05) is 12.6 Å². The van der Waals surface area contributed by atoms with E-state index < -0.39 is 0 Å². The zero-order chi connectivity index (χ0) is 17.1. The standard InChI is InChI=1S/C19H22ClFN2/c1-11-5-6-15(23-14(4)8-13(3)20)9-16(11)17-10-19(22)12(2)7-18(17)21/h5-7,9-10,13,23H,4,8,22H2,1-3H3. The van der Waals surface area contributed by atoms with Gasteiger partial charge in [0.15, 0.2) is 0 Å². The summed E-state index contributed by atoms with van der Waals surface area (Å²) in [6.07, 6.45) is 0.663. The van der Waals surface area contributed by atoms with Crippen molar-refractivity contribution in [2.75, 3.05) is 11.1 Å². The van der Waals surface area contributed by atoms with Gasteiger partial charge in [-0.2, -0.15) is 0 Å². The third kappa shape index (κ3) is 4.26. The smallest absolute Gasteiger partial charge is 0.131 e. The Morgan fingerprint density at radius 1 is 1.22 bits per heavy atom. The monoisotopic (exact) mass is 332 g/mol. The molecule has 0 amide bonds. The van der Waals surface area contributed by atoms with Gasteiger partial charge in [0, 0.05) is 34.4 Å². The highest BCUT2D eigenvalue weighted by Crippen LogP contribution is 2.32. The minimum absolute atomic E-state index is 0.00857. The summed E-state index contributed by atoms with van der Waals surface area (Å²) in [6, 6.07) is 8.96. The molecule has 0 saturated carbocycles. The number of allylic oxidation sites excluding steroid dienone is 1. The van der Waals surface area contributed by atoms with Gasteiger partial charge in [0.2, 0.25) is 0 Å². The number of rotatable bonds is 5. The summed E-state index contributed by atoms with van der Waals surface area (Å²) in [6.45, 7) is 9.63. The number of hydrogen-bond donors (Lipinski definition) is 2. The minimum atomic E-state index is -0.273. The lowest BCUT2D eigenvalue weighted by atomic mass is 9.97. The van der Waals surface area contributed by atoms with Crippen LogP contribution in [-0.4, -0.2) is 5.38 Å². The quantitative estimate of drug-likeness (QED) is 0.549. The SMILES string of the molecule is C=C(CC(C)Cl)Nc1ccc(C)c(-c2cc(N)c(C)cc2F)c1. The van der Waals surface area contributed by atoms with Crippen molar-refractivity contribution in [3.63, 3.8) is 0 Å². The molecule has 0 bridgehead atoms. The summed E-state index contributed by atoms with van der Waals surface area (Å²) in [7, 11) is 0. The molecule has 4 heteroatoms. The Balaban J connectivity index is 2.38. The van der Waals surface area contributed by atoms with Gasteiger partial charge >= 0.3 is 0 Å². The molecule has 0 spiro atoms. The highest BCUT2D eigenvalue weighted by molar-refractivity contribution is 6.20. The number of aryl methyl sites for hydroxylation is 2. The van der Waals surface area contributed by atoms with Crippen molar-refractivity contribution in [2.45, 2.75) is 32.6 Å². The van der Waals surface area contributed by atoms with E-state index in [-0.39, 0.29) is 11.2 Å². The summed E-state index contributed by atoms with van der Waals surface area (Å²) < 4.78 is 14.4. The van der Waals surface area contributed by atoms with Crippen LogP contribution in [0, 0.1) is 19.7 Å². The first-order valence-electron chi connectivity index (χ1n) is 7.53. The van der Waals surface area contributed by atoms with E-state index >= 15 is 0 Å². The second-order valence-electron chi connectivity index (χ2n) is 5.93. The molecule has 0 aromatic heterocycles. The molecule has 0 saturated heterocycles. The molecule has 122 valence electrons. The van der Waals surface area contributed by atoms with Crippen LogP contribution in [0.4, 0.5) is 15.8 Å². The van der Waals surface area contributed by atoms with E-state index in [4.69, 9.17) is 17.3 Å². The molecular weight excluding hydrogens is 311 g/mol. The van der Waals surface area contributed by atoms with Gasteiger partial charge in [-0.15, -0.1) is 11.6 Å². The molecule has 3 N–H and O–H groups in total. The number of nitrogen functional groups attached to an aromatic ring is 1. The maximum Gasteiger partial charge on any atom is 0.131 e. The average molecular weight is 333 g/mol. The van der Waals surface area contributed by atoms with Crippen LogP contribution in [-0.2, 0) is 0 Å². The fraction of sp³-hybridized carbons (Fsp3) is 0.263. The van der Waals surface area contributed by atoms with Gasteiger partial charge in [-0.05, 0) is 61.7 Å². The Labute approximate surface area is 142 Å². The first-order chi connectivity index (χ1) is 10.8. The zero-order valence-electron chi connectivity index (χ0n) is 13.7. The number of alkyl halides is 1. The second kappa shape index (κ2) is 7.05. The average Bonchev–Trinajstić information content (AvgIpc) is 2.44. The molecule has 23 heavy (non-hydrogen) atoms. The molecule has 0 heterocycles. The van der Waals surface area contributed by atoms with Crippen LogP contribution in [0.15, 0.2) is 42.6 Å². The summed E-state index contributed by atoms with van der Waals surface area (Å²) in [4.78, 5) is 0. The van der Waals surface area contributed by atoms with Crippen LogP contribution < -0.4 is 11.1 Å². The summed E-state index contributed by atoms with van der Waals surface area (Å²) in [5.41, 5.74) is 11.2. The number of halogens is 2. The molecule has 0 aliphatic heterocycles. The largest absolute Gasteiger partial charge is 0.398 e. The molecule has 0 aliphatic carbocycles. The number of nitrogens with one attached hydrogen (secondary N) is 1. The maximum absolute atomic E-state index is 14.4. The molecule has 1 atom stereocenters. The normalized spacial score (nSPS) is 12.0. The molecule has 1 unspecified atom stereocenters. The third-order valence-electron chi connectivity index (χ3n) is 3.73. The molecule has 0 aliphatic rings. The fourth-order valence-electron chi connectivity index (χ4n) is 2.48. The van der Waals surface area contributed by atoms with E-state index in [1.54, 1.807) is 13.0 Å². The molecule has 2 aromatic carbocycles. The maximum atomic E-state index is 14.4. The first-order valence-corrected chi connectivity index (χ1v) is 7.97. The molecular formula is C19H22ClFN2. The second-order valence-corrected chi connectivity index (χ2v) is 6.68. The van der Waals surface area contributed by atoms with E-state index in [0.717, 1.165) is 28.1 Å². The Morgan fingerprint density at radius 2 is 1.91 bits per heavy atom. The predicted octanol–water partition coefficient (Wildman–Crippen LogP) is 5.63. The Kier molecular flexibility index (Phi) is 5.32. The minimum Gasteiger partial charge on any atom is -0.398 e. The van der Waals surface area contributed by atoms with Crippen molar-refractivity contribution >= 4 is 23.0 Å². The third-order valence-corrected chi connectivity index (χ3v) is 3.89. The molecule has 0 fully saturated rings. The van der Waals surface area contributed by atoms with E-state index in [0.29, 0.717) is 17.7 Å². The Hall–Kier alpha value is -2.00. The summed E-state index contributed by atoms with van der Waals surface area (Å²) in [5.74, 6) is -0.273. The number of anilines is 2. The van der Waals surface area contributed by atoms with E-state index in [1.807, 2.05) is 32.0 Å². The number of hydrogen-bond acceptors (Lipinski definition) is 2. The van der Waals surface area contributed by atoms with Crippen molar-refractivity contribution < 1.29 is 4.39 Å². The fourth-order valence-corrected chi connectivity index (χ4v) is 2.67. The molecule has 2 aromatic rings. The Morgan fingerprint density at radius 3 is 2.57 bits per heavy atom. The molecule has 2 nitrogen and oxygen atoms in total. The summed E-state index contributed by atoms with van der Waals surface area (Å²) in [5, 5.41) is 3.23. The van der Waals surface area contributed by atoms with E-state index in [2.05, 4.69) is 11.9 Å². The first kappa shape index (κ1) is 17.4. The zero-order valence-corrected chi connectivity index (χ0v) is 14.5. The van der Waals surface area contributed by atoms with Crippen LogP contribution in [0.5, 0.6) is 0 Å². The van der Waals surface area contributed by atoms with Crippen LogP contribution in [0.2, 0.25) is 0 Å². The molecule has 2 rings (SSSR count). The topological polar surface area (TPSA) is 38.0 Å². The van der Waals surface area contributed by atoms with Gasteiger partial charge in [0.05, 0.1) is 0 Å². The number of benzene rings is 2. The summed E-state index contributed by atoms with van der Waals surface area (Å²) >= 11 is 5.98. The lowest BCUT2D eigenvalue weighted by Gasteiger charge is -2.15. The van der Waals surface area contributed by atoms with Crippen LogP contribution in [0.3, 0.4) is 0 Å². The Bertz CT molecular complexity index is 738. The van der Waals surface area contributed by atoms with Crippen molar-refractivity contribution in [3.8, 4) is 11.1 Å². The van der Waals surface area contributed by atoms with Crippen LogP contribution in [0.25, 0.3) is 11.1 Å². The van der Waals surface area contributed by atoms with E-state index in [9.17, 15) is 4.39 Å². The predicted molar refractivity (Wildman–Crippen MR) is 98.4 cm³/mol. The van der Waals surface area contributed by atoms with Gasteiger partial charge in [0.1, 0.15) is 5.82 Å². The lowest BCUT2D eigenvalue weighted by Crippen LogP contribution is -2.03. The van der Waals surface area contributed by atoms with Gasteiger partial charge in [-0.3, -0.25) is 0 Å². The lowest BCUT2D eigenvalue weighted by molar-refractivity contribution is 0.630. The van der Waals surface area contributed by atoms with Crippen molar-refractivity contribution in [2.24, 2.45) is 0 Å². The van der Waals surface area contributed by atoms with Gasteiger partial charge < -0.3 is 11.1 Å². The van der Waals surface area contributed by atoms with Crippen molar-refractivity contribution in [1.82, 2.24) is 0 Å².